The van der Waals surface area contributed by atoms with E-state index in [4.69, 9.17) is 5.73 Å². The third-order valence-electron chi connectivity index (χ3n) is 3.53. The van der Waals surface area contributed by atoms with E-state index in [1.54, 1.807) is 6.20 Å². The number of carbonyl (C=O) groups excluding carboxylic acids is 1. The molecule has 2 N–H and O–H groups in total. The molecule has 0 bridgehead atoms. The van der Waals surface area contributed by atoms with Gasteiger partial charge in [0.2, 0.25) is 0 Å². The molecule has 1 heterocycles. The van der Waals surface area contributed by atoms with Gasteiger partial charge in [0.25, 0.3) is 0 Å². The summed E-state index contributed by atoms with van der Waals surface area (Å²) in [5.41, 5.74) is 6.76. The van der Waals surface area contributed by atoms with Crippen LogP contribution >= 0.6 is 0 Å². The van der Waals surface area contributed by atoms with Crippen LogP contribution in [0.25, 0.3) is 0 Å². The molecule has 0 spiro atoms. The van der Waals surface area contributed by atoms with Gasteiger partial charge in [0.1, 0.15) is 0 Å². The zero-order valence-electron chi connectivity index (χ0n) is 10.4. The third-order valence-corrected chi connectivity index (χ3v) is 3.53. The first-order chi connectivity index (χ1) is 8.22. The van der Waals surface area contributed by atoms with Gasteiger partial charge in [0, 0.05) is 24.7 Å². The van der Waals surface area contributed by atoms with Crippen molar-refractivity contribution in [2.75, 3.05) is 0 Å². The summed E-state index contributed by atoms with van der Waals surface area (Å²) in [6, 6.07) is 0.0331. The summed E-state index contributed by atoms with van der Waals surface area (Å²) in [4.78, 5) is 12.3. The Morgan fingerprint density at radius 3 is 3.00 bits per heavy atom. The van der Waals surface area contributed by atoms with Crippen molar-refractivity contribution in [1.29, 1.82) is 0 Å². The second-order valence-corrected chi connectivity index (χ2v) is 4.91. The lowest BCUT2D eigenvalue weighted by molar-refractivity contribution is 0.0871. The molecule has 2 atom stereocenters. The van der Waals surface area contributed by atoms with E-state index in [1.807, 2.05) is 10.9 Å². The number of carbonyl (C=O) groups is 1. The molecule has 0 saturated heterocycles. The second-order valence-electron chi connectivity index (χ2n) is 4.91. The fraction of sp³-hybridized carbons (Fsp3) is 0.692. The number of aryl methyl sites for hydroxylation is 1. The average molecular weight is 235 g/mol. The van der Waals surface area contributed by atoms with Crippen LogP contribution in [0.1, 0.15) is 49.4 Å². The molecule has 2 unspecified atom stereocenters. The summed E-state index contributed by atoms with van der Waals surface area (Å²) < 4.78 is 1.83. The van der Waals surface area contributed by atoms with E-state index in [2.05, 4.69) is 12.0 Å². The molecule has 0 aromatic carbocycles. The summed E-state index contributed by atoms with van der Waals surface area (Å²) in [6.07, 6.45) is 8.73. The summed E-state index contributed by atoms with van der Waals surface area (Å²) in [7, 11) is 0. The van der Waals surface area contributed by atoms with Crippen molar-refractivity contribution in [3.8, 4) is 0 Å². The number of nitrogens with zero attached hydrogens (tertiary/aromatic N) is 2. The van der Waals surface area contributed by atoms with Crippen LogP contribution in [0.3, 0.4) is 0 Å². The van der Waals surface area contributed by atoms with Crippen LogP contribution in [-0.2, 0) is 6.54 Å². The minimum atomic E-state index is 0.00280. The minimum Gasteiger partial charge on any atom is -0.327 e. The highest BCUT2D eigenvalue weighted by molar-refractivity contribution is 5.97. The Kier molecular flexibility index (Phi) is 3.94. The van der Waals surface area contributed by atoms with Crippen molar-refractivity contribution in [2.24, 2.45) is 11.7 Å². The second kappa shape index (κ2) is 5.45. The maximum Gasteiger partial charge on any atom is 0.170 e. The molecule has 2 rings (SSSR count). The van der Waals surface area contributed by atoms with Crippen LogP contribution < -0.4 is 5.73 Å². The topological polar surface area (TPSA) is 60.9 Å². The molecule has 0 radical (unpaired) electrons. The van der Waals surface area contributed by atoms with Crippen LogP contribution in [0.5, 0.6) is 0 Å². The lowest BCUT2D eigenvalue weighted by atomic mass is 9.81. The first kappa shape index (κ1) is 12.3. The van der Waals surface area contributed by atoms with Gasteiger partial charge < -0.3 is 5.73 Å². The van der Waals surface area contributed by atoms with E-state index < -0.39 is 0 Å². The zero-order chi connectivity index (χ0) is 12.3. The number of Topliss-reactive ketones (excluding diaryl/α,β-unsaturated/α-hetero) is 1. The molecular formula is C13H21N3O. The number of nitrogens with two attached hydrogens (primary N) is 1. The molecule has 94 valence electrons. The van der Waals surface area contributed by atoms with Gasteiger partial charge in [-0.25, -0.2) is 0 Å². The molecule has 1 aliphatic rings. The molecule has 4 nitrogen and oxygen atoms in total. The molecule has 1 aromatic rings. The van der Waals surface area contributed by atoms with Crippen LogP contribution in [0.15, 0.2) is 12.4 Å². The Balaban J connectivity index is 2.07. The Bertz CT molecular complexity index is 386. The highest BCUT2D eigenvalue weighted by Gasteiger charge is 2.29. The Morgan fingerprint density at radius 1 is 1.53 bits per heavy atom. The highest BCUT2D eigenvalue weighted by atomic mass is 16.1. The SMILES string of the molecule is CCCn1cc(C(=O)C2CCCCC2N)cn1. The lowest BCUT2D eigenvalue weighted by Crippen LogP contribution is -2.38. The standard InChI is InChI=1S/C13H21N3O/c1-2-7-16-9-10(8-15-16)13(17)11-5-3-4-6-12(11)14/h8-9,11-12H,2-7,14H2,1H3. The Labute approximate surface area is 102 Å². The number of ketones is 1. The van der Waals surface area contributed by atoms with Crippen molar-refractivity contribution in [3.63, 3.8) is 0 Å². The molecular weight excluding hydrogens is 214 g/mol. The molecule has 1 fully saturated rings. The predicted molar refractivity (Wildman–Crippen MR) is 66.8 cm³/mol. The number of aromatic nitrogens is 2. The van der Waals surface area contributed by atoms with Gasteiger partial charge in [0.05, 0.1) is 11.8 Å². The molecule has 1 aliphatic carbocycles. The van der Waals surface area contributed by atoms with Crippen molar-refractivity contribution in [1.82, 2.24) is 9.78 Å². The van der Waals surface area contributed by atoms with E-state index in [9.17, 15) is 4.79 Å². The van der Waals surface area contributed by atoms with Gasteiger partial charge in [-0.05, 0) is 19.3 Å². The van der Waals surface area contributed by atoms with Crippen LogP contribution in [-0.4, -0.2) is 21.6 Å². The van der Waals surface area contributed by atoms with Gasteiger partial charge in [-0.1, -0.05) is 19.8 Å². The fourth-order valence-electron chi connectivity index (χ4n) is 2.54. The van der Waals surface area contributed by atoms with Crippen LogP contribution in [0.2, 0.25) is 0 Å². The van der Waals surface area contributed by atoms with Crippen molar-refractivity contribution in [3.05, 3.63) is 18.0 Å². The summed E-state index contributed by atoms with van der Waals surface area (Å²) in [5, 5.41) is 4.20. The molecule has 0 aliphatic heterocycles. The van der Waals surface area contributed by atoms with E-state index in [1.165, 1.54) is 0 Å². The quantitative estimate of drug-likeness (QED) is 0.812. The molecule has 0 amide bonds. The van der Waals surface area contributed by atoms with Gasteiger partial charge in [-0.15, -0.1) is 0 Å². The third kappa shape index (κ3) is 2.75. The maximum atomic E-state index is 12.3. The largest absolute Gasteiger partial charge is 0.327 e. The number of hydrogen-bond acceptors (Lipinski definition) is 3. The monoisotopic (exact) mass is 235 g/mol. The van der Waals surface area contributed by atoms with E-state index in [0.29, 0.717) is 0 Å². The summed E-state index contributed by atoms with van der Waals surface area (Å²) >= 11 is 0. The molecule has 1 aromatic heterocycles. The van der Waals surface area contributed by atoms with E-state index in [0.717, 1.165) is 44.2 Å². The summed E-state index contributed by atoms with van der Waals surface area (Å²) in [5.74, 6) is 0.183. The first-order valence-electron chi connectivity index (χ1n) is 6.54. The summed E-state index contributed by atoms with van der Waals surface area (Å²) in [6.45, 7) is 2.96. The molecule has 17 heavy (non-hydrogen) atoms. The fourth-order valence-corrected chi connectivity index (χ4v) is 2.54. The highest BCUT2D eigenvalue weighted by Crippen LogP contribution is 2.26. The number of rotatable bonds is 4. The maximum absolute atomic E-state index is 12.3. The van der Waals surface area contributed by atoms with Crippen molar-refractivity contribution < 1.29 is 4.79 Å². The molecule has 1 saturated carbocycles. The lowest BCUT2D eigenvalue weighted by Gasteiger charge is -2.26. The zero-order valence-corrected chi connectivity index (χ0v) is 10.4. The Hall–Kier alpha value is -1.16. The predicted octanol–water partition coefficient (Wildman–Crippen LogP) is 1.99. The van der Waals surface area contributed by atoms with Gasteiger partial charge in [-0.3, -0.25) is 9.48 Å². The van der Waals surface area contributed by atoms with E-state index >= 15 is 0 Å². The van der Waals surface area contributed by atoms with Gasteiger partial charge in [0.15, 0.2) is 5.78 Å². The normalized spacial score (nSPS) is 24.8. The van der Waals surface area contributed by atoms with Crippen molar-refractivity contribution in [2.45, 2.75) is 51.6 Å². The smallest absolute Gasteiger partial charge is 0.170 e. The van der Waals surface area contributed by atoms with Crippen molar-refractivity contribution >= 4 is 5.78 Å². The molecule has 4 heteroatoms. The van der Waals surface area contributed by atoms with Crippen LogP contribution in [0, 0.1) is 5.92 Å². The van der Waals surface area contributed by atoms with Gasteiger partial charge in [-0.2, -0.15) is 5.10 Å². The number of hydrogen-bond donors (Lipinski definition) is 1. The van der Waals surface area contributed by atoms with E-state index in [-0.39, 0.29) is 17.7 Å². The first-order valence-corrected chi connectivity index (χ1v) is 6.54. The Morgan fingerprint density at radius 2 is 2.29 bits per heavy atom. The minimum absolute atomic E-state index is 0.00280. The van der Waals surface area contributed by atoms with Crippen LogP contribution in [0.4, 0.5) is 0 Å². The average Bonchev–Trinajstić information content (AvgIpc) is 2.78. The van der Waals surface area contributed by atoms with Gasteiger partial charge >= 0.3 is 0 Å².